The molecular formula is C27H38N4O4. The average Bonchev–Trinajstić information content (AvgIpc) is 3.38. The number of carbonyl (C=O) groups is 2. The lowest BCUT2D eigenvalue weighted by molar-refractivity contribution is -0.140. The molecule has 2 aliphatic heterocycles. The van der Waals surface area contributed by atoms with Gasteiger partial charge in [-0.05, 0) is 56.6 Å². The van der Waals surface area contributed by atoms with Gasteiger partial charge in [-0.25, -0.2) is 0 Å². The predicted molar refractivity (Wildman–Crippen MR) is 134 cm³/mol. The minimum absolute atomic E-state index is 0.00292. The number of carbonyl (C=O) groups excluding carboxylic acids is 2. The van der Waals surface area contributed by atoms with Crippen molar-refractivity contribution in [3.8, 4) is 0 Å². The molecule has 0 radical (unpaired) electrons. The zero-order chi connectivity index (χ0) is 24.2. The molecule has 0 spiro atoms. The molecule has 1 aromatic carbocycles. The largest absolute Gasteiger partial charge is 0.385 e. The maximum absolute atomic E-state index is 14.1. The van der Waals surface area contributed by atoms with Crippen LogP contribution in [0.2, 0.25) is 0 Å². The Morgan fingerprint density at radius 2 is 2.09 bits per heavy atom. The maximum Gasteiger partial charge on any atom is 0.249 e. The molecule has 0 bridgehead atoms. The van der Waals surface area contributed by atoms with Gasteiger partial charge in [-0.15, -0.1) is 0 Å². The van der Waals surface area contributed by atoms with E-state index < -0.39 is 0 Å². The van der Waals surface area contributed by atoms with Crippen LogP contribution in [0.25, 0.3) is 10.9 Å². The summed E-state index contributed by atoms with van der Waals surface area (Å²) in [7, 11) is 1.73. The molecule has 2 amide bonds. The lowest BCUT2D eigenvalue weighted by Gasteiger charge is -2.38. The lowest BCUT2D eigenvalue weighted by atomic mass is 9.91. The van der Waals surface area contributed by atoms with E-state index in [2.05, 4.69) is 44.9 Å². The smallest absolute Gasteiger partial charge is 0.249 e. The van der Waals surface area contributed by atoms with Crippen LogP contribution in [0, 0.1) is 5.92 Å². The Bertz CT molecular complexity index is 1010. The molecule has 1 saturated carbocycles. The number of rotatable bonds is 10. The van der Waals surface area contributed by atoms with Gasteiger partial charge in [0.15, 0.2) is 0 Å². The second-order valence-electron chi connectivity index (χ2n) is 10.2. The number of hydrogen-bond acceptors (Lipinski definition) is 5. The van der Waals surface area contributed by atoms with Gasteiger partial charge in [0.2, 0.25) is 11.8 Å². The Kier molecular flexibility index (Phi) is 7.70. The molecule has 3 heterocycles. The minimum atomic E-state index is -0.346. The molecule has 35 heavy (non-hydrogen) atoms. The van der Waals surface area contributed by atoms with Gasteiger partial charge in [0, 0.05) is 62.6 Å². The van der Waals surface area contributed by atoms with E-state index in [0.717, 1.165) is 44.0 Å². The monoisotopic (exact) mass is 482 g/mol. The van der Waals surface area contributed by atoms with Gasteiger partial charge in [-0.1, -0.05) is 18.2 Å². The van der Waals surface area contributed by atoms with Crippen LogP contribution < -0.4 is 10.6 Å². The SMILES string of the molecule is COCCCC(c1c[nH]c2ccccc12)N(C(=O)[C@@H]1CNC[C@H](NC(=O)C2CCCO2)C1)C1CC1. The molecule has 3 aliphatic rings. The van der Waals surface area contributed by atoms with E-state index in [4.69, 9.17) is 9.47 Å². The summed E-state index contributed by atoms with van der Waals surface area (Å²) in [6, 6.07) is 8.54. The summed E-state index contributed by atoms with van der Waals surface area (Å²) in [6.07, 6.45) is 7.94. The second-order valence-corrected chi connectivity index (χ2v) is 10.2. The molecule has 8 heteroatoms. The summed E-state index contributed by atoms with van der Waals surface area (Å²) < 4.78 is 10.9. The Labute approximate surface area is 207 Å². The first-order chi connectivity index (χ1) is 17.2. The molecule has 3 fully saturated rings. The van der Waals surface area contributed by atoms with E-state index in [-0.39, 0.29) is 42.0 Å². The van der Waals surface area contributed by atoms with E-state index in [0.29, 0.717) is 32.7 Å². The normalized spacial score (nSPS) is 25.5. The number of ether oxygens (including phenoxy) is 2. The number of aromatic nitrogens is 1. The van der Waals surface area contributed by atoms with E-state index >= 15 is 0 Å². The minimum Gasteiger partial charge on any atom is -0.385 e. The van der Waals surface area contributed by atoms with Crippen LogP contribution >= 0.6 is 0 Å². The zero-order valence-corrected chi connectivity index (χ0v) is 20.6. The van der Waals surface area contributed by atoms with Crippen molar-refractivity contribution >= 4 is 22.7 Å². The van der Waals surface area contributed by atoms with Crippen molar-refractivity contribution in [2.45, 2.75) is 69.2 Å². The van der Waals surface area contributed by atoms with Crippen LogP contribution in [0.4, 0.5) is 0 Å². The van der Waals surface area contributed by atoms with E-state index in [1.165, 1.54) is 10.9 Å². The first kappa shape index (κ1) is 24.3. The average molecular weight is 483 g/mol. The van der Waals surface area contributed by atoms with Gasteiger partial charge >= 0.3 is 0 Å². The van der Waals surface area contributed by atoms with E-state index in [1.807, 2.05) is 6.07 Å². The molecule has 1 aromatic heterocycles. The summed E-state index contributed by atoms with van der Waals surface area (Å²) in [4.78, 5) is 32.3. The van der Waals surface area contributed by atoms with Crippen LogP contribution in [-0.4, -0.2) is 73.3 Å². The van der Waals surface area contributed by atoms with Crippen molar-refractivity contribution in [1.29, 1.82) is 0 Å². The molecule has 3 N–H and O–H groups in total. The van der Waals surface area contributed by atoms with Gasteiger partial charge in [0.1, 0.15) is 6.10 Å². The fourth-order valence-corrected chi connectivity index (χ4v) is 5.71. The number of hydrogen-bond donors (Lipinski definition) is 3. The molecule has 1 aliphatic carbocycles. The molecule has 2 saturated heterocycles. The molecule has 8 nitrogen and oxygen atoms in total. The van der Waals surface area contributed by atoms with E-state index in [9.17, 15) is 9.59 Å². The van der Waals surface area contributed by atoms with Crippen molar-refractivity contribution in [2.75, 3.05) is 33.4 Å². The summed E-state index contributed by atoms with van der Waals surface area (Å²) in [5, 5.41) is 7.71. The number of nitrogens with zero attached hydrogens (tertiary/aromatic N) is 1. The number of methoxy groups -OCH3 is 1. The van der Waals surface area contributed by atoms with Gasteiger partial charge < -0.3 is 30.0 Å². The molecule has 5 rings (SSSR count). The number of piperidine rings is 1. The van der Waals surface area contributed by atoms with Gasteiger partial charge in [-0.2, -0.15) is 0 Å². The summed E-state index contributed by atoms with van der Waals surface area (Å²) in [5.74, 6) is -0.00396. The third kappa shape index (κ3) is 5.55. The van der Waals surface area contributed by atoms with Crippen molar-refractivity contribution in [1.82, 2.24) is 20.5 Å². The fourth-order valence-electron chi connectivity index (χ4n) is 5.71. The second kappa shape index (κ2) is 11.1. The van der Waals surface area contributed by atoms with Crippen molar-refractivity contribution in [3.63, 3.8) is 0 Å². The van der Waals surface area contributed by atoms with Gasteiger partial charge in [0.05, 0.1) is 12.0 Å². The molecule has 4 atom stereocenters. The van der Waals surface area contributed by atoms with Crippen molar-refractivity contribution in [3.05, 3.63) is 36.0 Å². The fraction of sp³-hybridized carbons (Fsp3) is 0.630. The van der Waals surface area contributed by atoms with Crippen LogP contribution in [0.15, 0.2) is 30.5 Å². The Morgan fingerprint density at radius 3 is 2.86 bits per heavy atom. The Balaban J connectivity index is 1.34. The topological polar surface area (TPSA) is 95.7 Å². The van der Waals surface area contributed by atoms with Crippen molar-refractivity contribution < 1.29 is 19.1 Å². The highest BCUT2D eigenvalue weighted by atomic mass is 16.5. The molecule has 2 unspecified atom stereocenters. The number of nitrogens with one attached hydrogen (secondary N) is 3. The summed E-state index contributed by atoms with van der Waals surface area (Å²) in [6.45, 7) is 2.66. The van der Waals surface area contributed by atoms with Crippen molar-refractivity contribution in [2.24, 2.45) is 5.92 Å². The summed E-state index contributed by atoms with van der Waals surface area (Å²) >= 11 is 0. The van der Waals surface area contributed by atoms with Crippen LogP contribution in [-0.2, 0) is 19.1 Å². The van der Waals surface area contributed by atoms with Crippen LogP contribution in [0.3, 0.4) is 0 Å². The predicted octanol–water partition coefficient (Wildman–Crippen LogP) is 2.90. The highest BCUT2D eigenvalue weighted by Crippen LogP contribution is 2.40. The van der Waals surface area contributed by atoms with Crippen LogP contribution in [0.1, 0.15) is 56.6 Å². The molecular weight excluding hydrogens is 444 g/mol. The third-order valence-corrected chi connectivity index (χ3v) is 7.61. The van der Waals surface area contributed by atoms with Crippen LogP contribution in [0.5, 0.6) is 0 Å². The quantitative estimate of drug-likeness (QED) is 0.453. The summed E-state index contributed by atoms with van der Waals surface area (Å²) in [5.41, 5.74) is 2.28. The first-order valence-electron chi connectivity index (χ1n) is 13.2. The molecule has 2 aromatic rings. The van der Waals surface area contributed by atoms with Gasteiger partial charge in [-0.3, -0.25) is 9.59 Å². The number of para-hydroxylation sites is 1. The third-order valence-electron chi connectivity index (χ3n) is 7.61. The van der Waals surface area contributed by atoms with E-state index in [1.54, 1.807) is 7.11 Å². The number of amides is 2. The number of H-pyrrole nitrogens is 1. The highest BCUT2D eigenvalue weighted by Gasteiger charge is 2.42. The maximum atomic E-state index is 14.1. The first-order valence-corrected chi connectivity index (χ1v) is 13.2. The molecule has 190 valence electrons. The number of aromatic amines is 1. The number of fused-ring (bicyclic) bond motifs is 1. The standard InChI is InChI=1S/C27H38N4O4/c1-34-12-4-8-24(22-17-29-23-7-3-2-6-21(22)23)31(20-10-11-20)27(33)18-14-19(16-28-15-18)30-26(32)25-9-5-13-35-25/h2-3,6-7,17-20,24-25,28-29H,4-5,8-16H2,1H3,(H,30,32)/t18-,19+,24?,25?/m0/s1. The van der Waals surface area contributed by atoms with Gasteiger partial charge in [0.25, 0.3) is 0 Å². The Morgan fingerprint density at radius 1 is 1.23 bits per heavy atom. The Hall–Kier alpha value is -2.42. The highest BCUT2D eigenvalue weighted by molar-refractivity contribution is 5.86. The zero-order valence-electron chi connectivity index (χ0n) is 20.6. The lowest BCUT2D eigenvalue weighted by Crippen LogP contribution is -2.54. The number of benzene rings is 1.